The Morgan fingerprint density at radius 3 is 2.71 bits per heavy atom. The highest BCUT2D eigenvalue weighted by atomic mass is 16.4. The summed E-state index contributed by atoms with van der Waals surface area (Å²) in [6, 6.07) is 1.45. The molecule has 0 aromatic carbocycles. The van der Waals surface area contributed by atoms with Crippen LogP contribution in [0.3, 0.4) is 0 Å². The molecule has 1 saturated carbocycles. The maximum Gasteiger partial charge on any atom is 0.339 e. The Bertz CT molecular complexity index is 463. The molecule has 5 nitrogen and oxygen atoms in total. The Balaban J connectivity index is 1.93. The molecule has 17 heavy (non-hydrogen) atoms. The van der Waals surface area contributed by atoms with Gasteiger partial charge in [0.25, 0.3) is 0 Å². The van der Waals surface area contributed by atoms with E-state index in [2.05, 4.69) is 5.32 Å². The maximum absolute atomic E-state index is 11.5. The van der Waals surface area contributed by atoms with Crippen molar-refractivity contribution >= 4 is 11.9 Å². The number of aromatic carboxylic acids is 1. The molecule has 0 spiro atoms. The third kappa shape index (κ3) is 2.49. The minimum absolute atomic E-state index is 0.0171. The Labute approximate surface area is 98.8 Å². The molecule has 1 fully saturated rings. The summed E-state index contributed by atoms with van der Waals surface area (Å²) in [4.78, 5) is 22.3. The van der Waals surface area contributed by atoms with Crippen molar-refractivity contribution in [3.05, 3.63) is 23.2 Å². The van der Waals surface area contributed by atoms with E-state index >= 15 is 0 Å². The third-order valence-corrected chi connectivity index (χ3v) is 3.08. The number of hydrogen-bond acceptors (Lipinski definition) is 3. The fraction of sp³-hybridized carbons (Fsp3) is 0.500. The first-order valence-electron chi connectivity index (χ1n) is 5.59. The molecule has 2 N–H and O–H groups in total. The number of carboxylic acids is 1. The van der Waals surface area contributed by atoms with Crippen LogP contribution in [-0.2, 0) is 11.3 Å². The van der Waals surface area contributed by atoms with Crippen LogP contribution < -0.4 is 5.32 Å². The largest absolute Gasteiger partial charge is 0.478 e. The average Bonchev–Trinajstić information content (AvgIpc) is 2.85. The topological polar surface area (TPSA) is 79.5 Å². The summed E-state index contributed by atoms with van der Waals surface area (Å²) in [5.41, 5.74) is 0.147. The molecular formula is C12H15NO4. The first-order valence-corrected chi connectivity index (χ1v) is 5.59. The van der Waals surface area contributed by atoms with Gasteiger partial charge in [0.15, 0.2) is 0 Å². The van der Waals surface area contributed by atoms with Gasteiger partial charge in [-0.3, -0.25) is 4.79 Å². The monoisotopic (exact) mass is 237 g/mol. The highest BCUT2D eigenvalue weighted by molar-refractivity contribution is 5.88. The second-order valence-electron chi connectivity index (χ2n) is 4.53. The van der Waals surface area contributed by atoms with E-state index in [0.717, 1.165) is 6.42 Å². The van der Waals surface area contributed by atoms with Crippen molar-refractivity contribution in [2.24, 2.45) is 11.8 Å². The van der Waals surface area contributed by atoms with Gasteiger partial charge >= 0.3 is 5.97 Å². The lowest BCUT2D eigenvalue weighted by Crippen LogP contribution is -2.24. The highest BCUT2D eigenvalue weighted by Gasteiger charge is 2.38. The van der Waals surface area contributed by atoms with Gasteiger partial charge in [-0.2, -0.15) is 0 Å². The van der Waals surface area contributed by atoms with Gasteiger partial charge in [-0.25, -0.2) is 4.79 Å². The Morgan fingerprint density at radius 2 is 2.24 bits per heavy atom. The van der Waals surface area contributed by atoms with E-state index in [1.54, 1.807) is 6.92 Å². The highest BCUT2D eigenvalue weighted by Crippen LogP contribution is 2.37. The van der Waals surface area contributed by atoms with Crippen molar-refractivity contribution in [3.8, 4) is 0 Å². The van der Waals surface area contributed by atoms with Crippen LogP contribution in [0.4, 0.5) is 0 Å². The van der Waals surface area contributed by atoms with Crippen molar-refractivity contribution in [3.63, 3.8) is 0 Å². The van der Waals surface area contributed by atoms with Gasteiger partial charge in [-0.15, -0.1) is 0 Å². The zero-order valence-corrected chi connectivity index (χ0v) is 9.82. The normalized spacial score (nSPS) is 22.2. The molecule has 1 aromatic heterocycles. The van der Waals surface area contributed by atoms with Gasteiger partial charge in [0.2, 0.25) is 5.91 Å². The lowest BCUT2D eigenvalue weighted by atomic mass is 10.2. The van der Waals surface area contributed by atoms with Crippen molar-refractivity contribution in [2.45, 2.75) is 26.8 Å². The lowest BCUT2D eigenvalue weighted by molar-refractivity contribution is -0.122. The first-order chi connectivity index (χ1) is 7.99. The van der Waals surface area contributed by atoms with E-state index in [9.17, 15) is 9.59 Å². The van der Waals surface area contributed by atoms with E-state index in [4.69, 9.17) is 9.52 Å². The molecule has 1 aliphatic rings. The number of carbonyl (C=O) groups excluding carboxylic acids is 1. The summed E-state index contributed by atoms with van der Waals surface area (Å²) in [5.74, 6) is 0.416. The van der Waals surface area contributed by atoms with E-state index < -0.39 is 5.97 Å². The lowest BCUT2D eigenvalue weighted by Gasteiger charge is -2.01. The summed E-state index contributed by atoms with van der Waals surface area (Å²) in [6.07, 6.45) is 0.934. The van der Waals surface area contributed by atoms with Gasteiger partial charge < -0.3 is 14.8 Å². The molecule has 1 amide bonds. The predicted molar refractivity (Wildman–Crippen MR) is 59.5 cm³/mol. The van der Waals surface area contributed by atoms with Gasteiger partial charge in [-0.05, 0) is 25.3 Å². The molecule has 0 aliphatic heterocycles. The number of hydrogen-bond donors (Lipinski definition) is 2. The second kappa shape index (κ2) is 4.24. The molecule has 0 saturated heterocycles. The zero-order valence-electron chi connectivity index (χ0n) is 9.82. The van der Waals surface area contributed by atoms with Crippen LogP contribution in [0, 0.1) is 18.8 Å². The van der Waals surface area contributed by atoms with Gasteiger partial charge in [0.05, 0.1) is 6.54 Å². The van der Waals surface area contributed by atoms with E-state index in [-0.39, 0.29) is 23.9 Å². The number of amides is 1. The minimum atomic E-state index is -1.01. The van der Waals surface area contributed by atoms with Crippen LogP contribution in [0.1, 0.15) is 35.2 Å². The standard InChI is InChI=1S/C12H15NO4/c1-6-3-9(6)11(14)13-5-8-4-10(12(15)16)7(2)17-8/h4,6,9H,3,5H2,1-2H3,(H,13,14)(H,15,16). The van der Waals surface area contributed by atoms with Crippen molar-refractivity contribution < 1.29 is 19.1 Å². The molecular weight excluding hydrogens is 222 g/mol. The number of aryl methyl sites for hydroxylation is 1. The molecule has 1 aliphatic carbocycles. The quantitative estimate of drug-likeness (QED) is 0.832. The van der Waals surface area contributed by atoms with Gasteiger partial charge in [-0.1, -0.05) is 6.92 Å². The van der Waals surface area contributed by atoms with Gasteiger partial charge in [0.1, 0.15) is 17.1 Å². The molecule has 2 atom stereocenters. The van der Waals surface area contributed by atoms with E-state index in [1.165, 1.54) is 6.07 Å². The zero-order chi connectivity index (χ0) is 12.6. The van der Waals surface area contributed by atoms with E-state index in [0.29, 0.717) is 17.4 Å². The summed E-state index contributed by atoms with van der Waals surface area (Å²) >= 11 is 0. The molecule has 92 valence electrons. The van der Waals surface area contributed by atoms with Crippen molar-refractivity contribution in [1.82, 2.24) is 5.32 Å². The fourth-order valence-electron chi connectivity index (χ4n) is 1.84. The molecule has 2 rings (SSSR count). The number of carbonyl (C=O) groups is 2. The maximum atomic E-state index is 11.5. The molecule has 0 radical (unpaired) electrons. The van der Waals surface area contributed by atoms with Crippen LogP contribution in [-0.4, -0.2) is 17.0 Å². The molecule has 0 bridgehead atoms. The smallest absolute Gasteiger partial charge is 0.339 e. The summed E-state index contributed by atoms with van der Waals surface area (Å²) in [6.45, 7) is 3.87. The molecule has 1 heterocycles. The first kappa shape index (κ1) is 11.7. The summed E-state index contributed by atoms with van der Waals surface area (Å²) < 4.78 is 5.26. The van der Waals surface area contributed by atoms with Gasteiger partial charge in [0, 0.05) is 5.92 Å². The number of nitrogens with one attached hydrogen (secondary N) is 1. The van der Waals surface area contributed by atoms with E-state index in [1.807, 2.05) is 6.92 Å². The van der Waals surface area contributed by atoms with Crippen LogP contribution in [0.25, 0.3) is 0 Å². The molecule has 1 aromatic rings. The number of rotatable bonds is 4. The Morgan fingerprint density at radius 1 is 1.59 bits per heavy atom. The second-order valence-corrected chi connectivity index (χ2v) is 4.53. The minimum Gasteiger partial charge on any atom is -0.478 e. The van der Waals surface area contributed by atoms with Crippen molar-refractivity contribution in [1.29, 1.82) is 0 Å². The average molecular weight is 237 g/mol. The molecule has 2 unspecified atom stereocenters. The predicted octanol–water partition coefficient (Wildman–Crippen LogP) is 1.56. The SMILES string of the molecule is Cc1oc(CNC(=O)C2CC2C)cc1C(=O)O. The van der Waals surface area contributed by atoms with Crippen LogP contribution in [0.5, 0.6) is 0 Å². The summed E-state index contributed by atoms with van der Waals surface area (Å²) in [7, 11) is 0. The van der Waals surface area contributed by atoms with Crippen LogP contribution in [0.2, 0.25) is 0 Å². The fourth-order valence-corrected chi connectivity index (χ4v) is 1.84. The number of carboxylic acid groups (broad SMARTS) is 1. The Kier molecular flexibility index (Phi) is 2.92. The number of furan rings is 1. The third-order valence-electron chi connectivity index (χ3n) is 3.08. The van der Waals surface area contributed by atoms with Crippen LogP contribution >= 0.6 is 0 Å². The van der Waals surface area contributed by atoms with Crippen molar-refractivity contribution in [2.75, 3.05) is 0 Å². The molecule has 5 heteroatoms. The summed E-state index contributed by atoms with van der Waals surface area (Å²) in [5, 5.41) is 11.6. The Hall–Kier alpha value is -1.78. The van der Waals surface area contributed by atoms with Crippen LogP contribution in [0.15, 0.2) is 10.5 Å².